The third kappa shape index (κ3) is 4.15. The van der Waals surface area contributed by atoms with E-state index in [2.05, 4.69) is 27.1 Å². The van der Waals surface area contributed by atoms with E-state index < -0.39 is 0 Å². The zero-order valence-corrected chi connectivity index (χ0v) is 15.7. The van der Waals surface area contributed by atoms with Crippen molar-refractivity contribution in [2.24, 2.45) is 0 Å². The monoisotopic (exact) mass is 369 g/mol. The molecule has 0 spiro atoms. The highest BCUT2D eigenvalue weighted by molar-refractivity contribution is 7.09. The van der Waals surface area contributed by atoms with Crippen LogP contribution >= 0.6 is 23.7 Å². The van der Waals surface area contributed by atoms with E-state index in [9.17, 15) is 4.79 Å². The van der Waals surface area contributed by atoms with Crippen LogP contribution in [0.1, 0.15) is 39.9 Å². The van der Waals surface area contributed by atoms with Crippen molar-refractivity contribution in [1.29, 1.82) is 0 Å². The summed E-state index contributed by atoms with van der Waals surface area (Å²) in [6, 6.07) is 4.49. The smallest absolute Gasteiger partial charge is 0.276 e. The summed E-state index contributed by atoms with van der Waals surface area (Å²) in [6.07, 6.45) is 2.94. The third-order valence-corrected chi connectivity index (χ3v) is 5.34. The first-order valence-corrected chi connectivity index (χ1v) is 8.95. The van der Waals surface area contributed by atoms with E-state index in [0.717, 1.165) is 38.0 Å². The molecule has 8 heteroatoms. The molecular formula is C16H24ClN5OS. The number of carbonyl (C=O) groups excluding carboxylic acids is 1. The Morgan fingerprint density at radius 2 is 2.21 bits per heavy atom. The van der Waals surface area contributed by atoms with Crippen molar-refractivity contribution in [2.45, 2.75) is 32.2 Å². The third-order valence-electron chi connectivity index (χ3n) is 4.40. The van der Waals surface area contributed by atoms with Gasteiger partial charge in [-0.05, 0) is 50.7 Å². The topological polar surface area (TPSA) is 63.1 Å². The van der Waals surface area contributed by atoms with Gasteiger partial charge in [-0.25, -0.2) is 4.68 Å². The molecule has 0 unspecified atom stereocenters. The normalized spacial score (nSPS) is 15.1. The predicted molar refractivity (Wildman–Crippen MR) is 98.1 cm³/mol. The zero-order chi connectivity index (χ0) is 16.2. The minimum Gasteiger partial charge on any atom is -0.340 e. The lowest BCUT2D eigenvalue weighted by Crippen LogP contribution is -2.31. The molecule has 3 heterocycles. The van der Waals surface area contributed by atoms with Crippen LogP contribution in [0.25, 0.3) is 0 Å². The van der Waals surface area contributed by atoms with Gasteiger partial charge >= 0.3 is 0 Å². The van der Waals surface area contributed by atoms with Crippen LogP contribution in [0, 0.1) is 6.92 Å². The van der Waals surface area contributed by atoms with Gasteiger partial charge in [0.1, 0.15) is 0 Å². The molecule has 1 aliphatic heterocycles. The first-order valence-electron chi connectivity index (χ1n) is 8.07. The van der Waals surface area contributed by atoms with Crippen LogP contribution in [-0.2, 0) is 6.42 Å². The average Bonchev–Trinajstić information content (AvgIpc) is 3.22. The van der Waals surface area contributed by atoms with Gasteiger partial charge in [-0.15, -0.1) is 28.8 Å². The number of aromatic nitrogens is 3. The van der Waals surface area contributed by atoms with Crippen LogP contribution in [0.4, 0.5) is 0 Å². The van der Waals surface area contributed by atoms with Gasteiger partial charge in [-0.2, -0.15) is 0 Å². The van der Waals surface area contributed by atoms with Gasteiger partial charge in [0.05, 0.1) is 11.7 Å². The Kier molecular flexibility index (Phi) is 6.77. The van der Waals surface area contributed by atoms with Crippen LogP contribution in [0.3, 0.4) is 0 Å². The molecule has 1 fully saturated rings. The number of thiophene rings is 1. The number of carbonyl (C=O) groups is 1. The van der Waals surface area contributed by atoms with Gasteiger partial charge in [0.25, 0.3) is 5.91 Å². The molecule has 1 saturated heterocycles. The fraction of sp³-hybridized carbons (Fsp3) is 0.562. The summed E-state index contributed by atoms with van der Waals surface area (Å²) in [5.41, 5.74) is 1.36. The van der Waals surface area contributed by atoms with Crippen molar-refractivity contribution in [1.82, 2.24) is 25.2 Å². The highest BCUT2D eigenvalue weighted by Crippen LogP contribution is 2.21. The highest BCUT2D eigenvalue weighted by Gasteiger charge is 2.24. The van der Waals surface area contributed by atoms with Crippen molar-refractivity contribution < 1.29 is 4.79 Å². The van der Waals surface area contributed by atoms with Crippen LogP contribution in [0.2, 0.25) is 0 Å². The average molecular weight is 370 g/mol. The number of amides is 1. The second-order valence-corrected chi connectivity index (χ2v) is 7.04. The lowest BCUT2D eigenvalue weighted by atomic mass is 10.1. The van der Waals surface area contributed by atoms with Gasteiger partial charge < -0.3 is 10.2 Å². The molecule has 2 aromatic rings. The molecule has 1 aliphatic rings. The fourth-order valence-corrected chi connectivity index (χ4v) is 3.65. The molecule has 0 atom stereocenters. The van der Waals surface area contributed by atoms with Crippen molar-refractivity contribution in [3.05, 3.63) is 33.8 Å². The summed E-state index contributed by atoms with van der Waals surface area (Å²) in [5.74, 6) is -0.0424. The maximum Gasteiger partial charge on any atom is 0.276 e. The van der Waals surface area contributed by atoms with Crippen LogP contribution in [0.5, 0.6) is 0 Å². The van der Waals surface area contributed by atoms with Crippen molar-refractivity contribution in [2.75, 3.05) is 26.7 Å². The summed E-state index contributed by atoms with van der Waals surface area (Å²) in [6.45, 7) is 4.63. The van der Waals surface area contributed by atoms with Gasteiger partial charge in [0, 0.05) is 18.5 Å². The number of hydrogen-bond donors (Lipinski definition) is 1. The number of halogens is 1. The Morgan fingerprint density at radius 1 is 1.46 bits per heavy atom. The molecule has 0 aliphatic carbocycles. The first-order chi connectivity index (χ1) is 11.2. The van der Waals surface area contributed by atoms with Crippen molar-refractivity contribution in [3.8, 4) is 0 Å². The molecule has 132 valence electrons. The molecule has 1 amide bonds. The quantitative estimate of drug-likeness (QED) is 0.878. The highest BCUT2D eigenvalue weighted by atomic mass is 35.5. The Labute approximate surface area is 152 Å². The van der Waals surface area contributed by atoms with Gasteiger partial charge in [0.2, 0.25) is 0 Å². The molecular weight excluding hydrogens is 346 g/mol. The Balaban J connectivity index is 0.00000208. The summed E-state index contributed by atoms with van der Waals surface area (Å²) in [5, 5.41) is 13.8. The second-order valence-electron chi connectivity index (χ2n) is 6.01. The standard InChI is InChI=1S/C16H23N5OS.ClH/c1-12-15(18-19-21(12)13-5-8-17-9-6-13)16(22)20(2)10-7-14-4-3-11-23-14;/h3-4,11,13,17H,5-10H2,1-2H3;1H. The predicted octanol–water partition coefficient (Wildman–Crippen LogP) is 2.31. The summed E-state index contributed by atoms with van der Waals surface area (Å²) in [7, 11) is 1.83. The Morgan fingerprint density at radius 3 is 2.88 bits per heavy atom. The number of piperidine rings is 1. The van der Waals surface area contributed by atoms with E-state index in [0.29, 0.717) is 18.3 Å². The molecule has 24 heavy (non-hydrogen) atoms. The van der Waals surface area contributed by atoms with Crippen LogP contribution < -0.4 is 5.32 Å². The second kappa shape index (κ2) is 8.60. The van der Waals surface area contributed by atoms with Gasteiger partial charge in [0.15, 0.2) is 5.69 Å². The number of rotatable bonds is 5. The Bertz CT molecular complexity index is 651. The van der Waals surface area contributed by atoms with Crippen molar-refractivity contribution in [3.63, 3.8) is 0 Å². The van der Waals surface area contributed by atoms with E-state index >= 15 is 0 Å². The van der Waals surface area contributed by atoms with Crippen LogP contribution in [0.15, 0.2) is 17.5 Å². The molecule has 0 saturated carbocycles. The largest absolute Gasteiger partial charge is 0.340 e. The number of nitrogens with one attached hydrogen (secondary N) is 1. The van der Waals surface area contributed by atoms with E-state index in [1.54, 1.807) is 16.2 Å². The minimum atomic E-state index is -0.0424. The zero-order valence-electron chi connectivity index (χ0n) is 14.1. The molecule has 0 aromatic carbocycles. The lowest BCUT2D eigenvalue weighted by Gasteiger charge is -2.23. The van der Waals surface area contributed by atoms with Gasteiger partial charge in [-0.3, -0.25) is 4.79 Å². The summed E-state index contributed by atoms with van der Waals surface area (Å²) in [4.78, 5) is 15.7. The van der Waals surface area contributed by atoms with E-state index in [-0.39, 0.29) is 18.3 Å². The van der Waals surface area contributed by atoms with E-state index in [1.807, 2.05) is 24.7 Å². The Hall–Kier alpha value is -1.44. The number of likely N-dealkylation sites (N-methyl/N-ethyl adjacent to an activating group) is 1. The maximum absolute atomic E-state index is 12.6. The molecule has 6 nitrogen and oxygen atoms in total. The molecule has 3 rings (SSSR count). The first kappa shape index (κ1) is 18.9. The number of hydrogen-bond acceptors (Lipinski definition) is 5. The SMILES string of the molecule is Cc1c(C(=O)N(C)CCc2cccs2)nnn1C1CCNCC1.Cl. The fourth-order valence-electron chi connectivity index (χ4n) is 2.95. The summed E-state index contributed by atoms with van der Waals surface area (Å²) >= 11 is 1.72. The molecule has 2 aromatic heterocycles. The maximum atomic E-state index is 12.6. The van der Waals surface area contributed by atoms with E-state index in [4.69, 9.17) is 0 Å². The van der Waals surface area contributed by atoms with Crippen molar-refractivity contribution >= 4 is 29.7 Å². The molecule has 0 bridgehead atoms. The van der Waals surface area contributed by atoms with Crippen LogP contribution in [-0.4, -0.2) is 52.5 Å². The lowest BCUT2D eigenvalue weighted by molar-refractivity contribution is 0.0790. The molecule has 0 radical (unpaired) electrons. The van der Waals surface area contributed by atoms with E-state index in [1.165, 1.54) is 4.88 Å². The molecule has 1 N–H and O–H groups in total. The number of nitrogens with zero attached hydrogens (tertiary/aromatic N) is 4. The minimum absolute atomic E-state index is 0. The summed E-state index contributed by atoms with van der Waals surface area (Å²) < 4.78 is 1.93. The van der Waals surface area contributed by atoms with Gasteiger partial charge in [-0.1, -0.05) is 11.3 Å².